The van der Waals surface area contributed by atoms with E-state index in [-0.39, 0.29) is 15.6 Å². The number of benzene rings is 2. The predicted molar refractivity (Wildman–Crippen MR) is 80.3 cm³/mol. The normalized spacial score (nSPS) is 11.2. The molecule has 4 nitrogen and oxygen atoms in total. The maximum Gasteiger partial charge on any atom is 0.261 e. The first-order valence-electron chi connectivity index (χ1n) is 5.54. The van der Waals surface area contributed by atoms with E-state index >= 15 is 0 Å². The van der Waals surface area contributed by atoms with Crippen LogP contribution in [0.1, 0.15) is 0 Å². The van der Waals surface area contributed by atoms with Crippen molar-refractivity contribution in [1.82, 2.24) is 0 Å². The fourth-order valence-electron chi connectivity index (χ4n) is 1.53. The first kappa shape index (κ1) is 15.0. The van der Waals surface area contributed by atoms with Gasteiger partial charge in [-0.1, -0.05) is 23.2 Å². The number of anilines is 1. The third-order valence-corrected chi connectivity index (χ3v) is 4.50. The van der Waals surface area contributed by atoms with Crippen LogP contribution in [0.4, 0.5) is 5.69 Å². The molecule has 0 radical (unpaired) electrons. The molecule has 0 atom stereocenters. The average molecular weight is 332 g/mol. The molecule has 7 heteroatoms. The minimum atomic E-state index is -3.73. The van der Waals surface area contributed by atoms with Gasteiger partial charge in [0.25, 0.3) is 10.0 Å². The van der Waals surface area contributed by atoms with Crippen molar-refractivity contribution >= 4 is 38.9 Å². The van der Waals surface area contributed by atoms with Crippen LogP contribution >= 0.6 is 23.2 Å². The summed E-state index contributed by atoms with van der Waals surface area (Å²) in [5, 5.41) is 0.742. The monoisotopic (exact) mass is 331 g/mol. The number of methoxy groups -OCH3 is 1. The fraction of sp³-hybridized carbons (Fsp3) is 0.0769. The molecular formula is C13H11Cl2NO3S. The molecule has 0 amide bonds. The van der Waals surface area contributed by atoms with E-state index < -0.39 is 10.0 Å². The van der Waals surface area contributed by atoms with Crippen molar-refractivity contribution in [2.24, 2.45) is 0 Å². The summed E-state index contributed by atoms with van der Waals surface area (Å²) in [6.45, 7) is 0. The Morgan fingerprint density at radius 2 is 1.70 bits per heavy atom. The van der Waals surface area contributed by atoms with Crippen LogP contribution in [0.3, 0.4) is 0 Å². The van der Waals surface area contributed by atoms with Crippen LogP contribution in [0.25, 0.3) is 0 Å². The standard InChI is InChI=1S/C13H11Cl2NO3S/c1-19-10-4-7-12(15)13(8-10)16-20(17,18)11-5-2-9(14)3-6-11/h2-8,16H,1H3. The molecule has 0 unspecified atom stereocenters. The molecule has 0 spiro atoms. The Balaban J connectivity index is 2.35. The Hall–Kier alpha value is -1.43. The van der Waals surface area contributed by atoms with Crippen molar-refractivity contribution in [2.45, 2.75) is 4.90 Å². The van der Waals surface area contributed by atoms with Crippen LogP contribution in [0.2, 0.25) is 10.0 Å². The third kappa shape index (κ3) is 3.36. The summed E-state index contributed by atoms with van der Waals surface area (Å²) in [7, 11) is -2.24. The van der Waals surface area contributed by atoms with Crippen molar-refractivity contribution in [1.29, 1.82) is 0 Å². The van der Waals surface area contributed by atoms with Gasteiger partial charge in [-0.25, -0.2) is 8.42 Å². The van der Waals surface area contributed by atoms with Crippen molar-refractivity contribution in [3.63, 3.8) is 0 Å². The minimum Gasteiger partial charge on any atom is -0.497 e. The zero-order valence-corrected chi connectivity index (χ0v) is 12.8. The van der Waals surface area contributed by atoms with E-state index in [1.165, 1.54) is 37.4 Å². The van der Waals surface area contributed by atoms with Gasteiger partial charge in [0.05, 0.1) is 22.7 Å². The van der Waals surface area contributed by atoms with Gasteiger partial charge < -0.3 is 4.74 Å². The molecular weight excluding hydrogens is 321 g/mol. The second kappa shape index (κ2) is 5.91. The van der Waals surface area contributed by atoms with E-state index in [0.29, 0.717) is 10.8 Å². The van der Waals surface area contributed by atoms with Gasteiger partial charge in [-0.2, -0.15) is 0 Å². The van der Waals surface area contributed by atoms with Crippen LogP contribution < -0.4 is 9.46 Å². The maximum atomic E-state index is 12.2. The zero-order valence-electron chi connectivity index (χ0n) is 10.4. The number of nitrogens with one attached hydrogen (secondary N) is 1. The summed E-state index contributed by atoms with van der Waals surface area (Å²) in [5.74, 6) is 0.503. The number of hydrogen-bond donors (Lipinski definition) is 1. The van der Waals surface area contributed by atoms with Crippen molar-refractivity contribution < 1.29 is 13.2 Å². The van der Waals surface area contributed by atoms with Crippen LogP contribution in [0.15, 0.2) is 47.4 Å². The van der Waals surface area contributed by atoms with Crippen molar-refractivity contribution in [2.75, 3.05) is 11.8 Å². The molecule has 106 valence electrons. The van der Waals surface area contributed by atoms with Crippen LogP contribution in [-0.4, -0.2) is 15.5 Å². The molecule has 2 aromatic carbocycles. The topological polar surface area (TPSA) is 55.4 Å². The number of ether oxygens (including phenoxy) is 1. The quantitative estimate of drug-likeness (QED) is 0.926. The number of halogens is 2. The Bertz CT molecular complexity index is 715. The van der Waals surface area contributed by atoms with Gasteiger partial charge in [-0.05, 0) is 36.4 Å². The molecule has 0 bridgehead atoms. The lowest BCUT2D eigenvalue weighted by Gasteiger charge is -2.11. The molecule has 0 saturated carbocycles. The predicted octanol–water partition coefficient (Wildman–Crippen LogP) is 3.80. The SMILES string of the molecule is COc1ccc(Cl)c(NS(=O)(=O)c2ccc(Cl)cc2)c1. The summed E-state index contributed by atoms with van der Waals surface area (Å²) < 4.78 is 31.9. The fourth-order valence-corrected chi connectivity index (χ4v) is 2.94. The maximum absolute atomic E-state index is 12.2. The Kier molecular flexibility index (Phi) is 4.42. The highest BCUT2D eigenvalue weighted by atomic mass is 35.5. The molecule has 1 N–H and O–H groups in total. The van der Waals surface area contributed by atoms with Gasteiger partial charge in [0.15, 0.2) is 0 Å². The Morgan fingerprint density at radius 1 is 1.05 bits per heavy atom. The van der Waals surface area contributed by atoms with Crippen LogP contribution in [0, 0.1) is 0 Å². The Labute approximate surface area is 127 Å². The van der Waals surface area contributed by atoms with E-state index in [1.807, 2.05) is 0 Å². The van der Waals surface area contributed by atoms with E-state index in [1.54, 1.807) is 12.1 Å². The molecule has 0 aliphatic rings. The lowest BCUT2D eigenvalue weighted by atomic mass is 10.3. The van der Waals surface area contributed by atoms with Gasteiger partial charge in [0, 0.05) is 11.1 Å². The summed E-state index contributed by atoms with van der Waals surface area (Å²) in [5.41, 5.74) is 0.251. The van der Waals surface area contributed by atoms with E-state index in [0.717, 1.165) is 0 Å². The van der Waals surface area contributed by atoms with Crippen molar-refractivity contribution in [3.05, 3.63) is 52.5 Å². The molecule has 2 rings (SSSR count). The second-order valence-corrected chi connectivity index (χ2v) is 6.43. The second-order valence-electron chi connectivity index (χ2n) is 3.91. The zero-order chi connectivity index (χ0) is 14.8. The van der Waals surface area contributed by atoms with Gasteiger partial charge >= 0.3 is 0 Å². The highest BCUT2D eigenvalue weighted by Gasteiger charge is 2.16. The van der Waals surface area contributed by atoms with Crippen molar-refractivity contribution in [3.8, 4) is 5.75 Å². The first-order chi connectivity index (χ1) is 9.42. The van der Waals surface area contributed by atoms with E-state index in [2.05, 4.69) is 4.72 Å². The van der Waals surface area contributed by atoms with Crippen LogP contribution in [-0.2, 0) is 10.0 Å². The highest BCUT2D eigenvalue weighted by Crippen LogP contribution is 2.29. The van der Waals surface area contributed by atoms with E-state index in [4.69, 9.17) is 27.9 Å². The smallest absolute Gasteiger partial charge is 0.261 e. The Morgan fingerprint density at radius 3 is 2.30 bits per heavy atom. The summed E-state index contributed by atoms with van der Waals surface area (Å²) >= 11 is 11.7. The molecule has 2 aromatic rings. The van der Waals surface area contributed by atoms with Gasteiger partial charge in [0.1, 0.15) is 5.75 Å². The van der Waals surface area contributed by atoms with Crippen LogP contribution in [0.5, 0.6) is 5.75 Å². The largest absolute Gasteiger partial charge is 0.497 e. The van der Waals surface area contributed by atoms with Gasteiger partial charge in [-0.3, -0.25) is 4.72 Å². The highest BCUT2D eigenvalue weighted by molar-refractivity contribution is 7.92. The molecule has 0 saturated heterocycles. The average Bonchev–Trinajstić information content (AvgIpc) is 2.41. The molecule has 0 fully saturated rings. The van der Waals surface area contributed by atoms with Gasteiger partial charge in [-0.15, -0.1) is 0 Å². The number of sulfonamides is 1. The molecule has 20 heavy (non-hydrogen) atoms. The third-order valence-electron chi connectivity index (χ3n) is 2.54. The summed E-state index contributed by atoms with van der Waals surface area (Å²) in [6, 6.07) is 10.5. The molecule has 0 aromatic heterocycles. The summed E-state index contributed by atoms with van der Waals surface area (Å²) in [6.07, 6.45) is 0. The minimum absolute atomic E-state index is 0.0980. The lowest BCUT2D eigenvalue weighted by Crippen LogP contribution is -2.13. The first-order valence-corrected chi connectivity index (χ1v) is 7.78. The van der Waals surface area contributed by atoms with E-state index in [9.17, 15) is 8.42 Å². The lowest BCUT2D eigenvalue weighted by molar-refractivity contribution is 0.415. The molecule has 0 aliphatic carbocycles. The molecule has 0 heterocycles. The molecule has 0 aliphatic heterocycles. The summed E-state index contributed by atoms with van der Waals surface area (Å²) in [4.78, 5) is 0.0980. The number of rotatable bonds is 4. The van der Waals surface area contributed by atoms with Gasteiger partial charge in [0.2, 0.25) is 0 Å². The number of hydrogen-bond acceptors (Lipinski definition) is 3.